The number of phenolic OH excluding ortho intramolecular Hbond substituents is 1. The Bertz CT molecular complexity index is 689. The first-order valence-corrected chi connectivity index (χ1v) is 6.42. The lowest BCUT2D eigenvalue weighted by atomic mass is 10.2. The molecule has 0 saturated heterocycles. The van der Waals surface area contributed by atoms with Crippen LogP contribution in [-0.4, -0.2) is 10.0 Å². The average molecular weight is 315 g/mol. The Morgan fingerprint density at radius 1 is 1.10 bits per heavy atom. The van der Waals surface area contributed by atoms with E-state index in [1.165, 1.54) is 12.1 Å². The van der Waals surface area contributed by atoms with Gasteiger partial charge in [0.1, 0.15) is 5.75 Å². The number of halogens is 3. The second kappa shape index (κ2) is 5.65. The van der Waals surface area contributed by atoms with Gasteiger partial charge in [-0.05, 0) is 24.3 Å². The number of rotatable bonds is 3. The number of hydrogen-bond acceptors (Lipinski definition) is 4. The van der Waals surface area contributed by atoms with Gasteiger partial charge in [0.15, 0.2) is 0 Å². The minimum Gasteiger partial charge on any atom is -0.507 e. The summed E-state index contributed by atoms with van der Waals surface area (Å²) in [6.45, 7) is 0. The number of para-hydroxylation sites is 1. The second-order valence-electron chi connectivity index (χ2n) is 4.01. The van der Waals surface area contributed by atoms with Gasteiger partial charge < -0.3 is 5.11 Å². The van der Waals surface area contributed by atoms with Crippen molar-refractivity contribution in [2.24, 2.45) is 0 Å². The van der Waals surface area contributed by atoms with Gasteiger partial charge in [0.05, 0.1) is 20.3 Å². The van der Waals surface area contributed by atoms with Gasteiger partial charge in [-0.1, -0.05) is 23.9 Å². The molecule has 0 aliphatic heterocycles. The van der Waals surface area contributed by atoms with E-state index in [2.05, 4.69) is 0 Å². The number of phenols is 1. The predicted molar refractivity (Wildman–Crippen MR) is 70.3 cm³/mol. The molecular weight excluding hydrogens is 307 g/mol. The summed E-state index contributed by atoms with van der Waals surface area (Å²) in [6.07, 6.45) is -4.65. The van der Waals surface area contributed by atoms with Gasteiger partial charge in [-0.15, -0.1) is 0 Å². The van der Waals surface area contributed by atoms with Crippen LogP contribution in [0.3, 0.4) is 0 Å². The zero-order valence-corrected chi connectivity index (χ0v) is 11.1. The molecule has 1 N–H and O–H groups in total. The molecule has 0 atom stereocenters. The summed E-state index contributed by atoms with van der Waals surface area (Å²) in [7, 11) is 0. The van der Waals surface area contributed by atoms with E-state index in [1.54, 1.807) is 12.1 Å². The molecule has 21 heavy (non-hydrogen) atoms. The first-order chi connectivity index (χ1) is 9.79. The third-order valence-electron chi connectivity index (χ3n) is 2.57. The van der Waals surface area contributed by atoms with E-state index in [0.29, 0.717) is 11.0 Å². The Hall–Kier alpha value is -2.22. The molecular formula is C13H8F3NO3S. The Morgan fingerprint density at radius 2 is 1.76 bits per heavy atom. The number of nitro benzene ring substituents is 1. The molecule has 110 valence electrons. The zero-order valence-electron chi connectivity index (χ0n) is 10.3. The number of aromatic hydroxyl groups is 1. The molecule has 0 aliphatic carbocycles. The van der Waals surface area contributed by atoms with E-state index in [1.807, 2.05) is 0 Å². The van der Waals surface area contributed by atoms with Gasteiger partial charge in [0.2, 0.25) is 0 Å². The van der Waals surface area contributed by atoms with Crippen LogP contribution in [0.1, 0.15) is 5.56 Å². The third-order valence-corrected chi connectivity index (χ3v) is 3.70. The SMILES string of the molecule is O=[N+]([O-])c1cc(C(F)(F)F)ccc1Sc1ccccc1O. The van der Waals surface area contributed by atoms with E-state index in [0.717, 1.165) is 23.9 Å². The molecule has 0 saturated carbocycles. The summed E-state index contributed by atoms with van der Waals surface area (Å²) in [5, 5.41) is 20.6. The summed E-state index contributed by atoms with van der Waals surface area (Å²) in [5.41, 5.74) is -1.74. The monoisotopic (exact) mass is 315 g/mol. The van der Waals surface area contributed by atoms with Crippen LogP contribution in [-0.2, 0) is 6.18 Å². The van der Waals surface area contributed by atoms with Gasteiger partial charge in [0.25, 0.3) is 5.69 Å². The van der Waals surface area contributed by atoms with Crippen molar-refractivity contribution in [1.82, 2.24) is 0 Å². The second-order valence-corrected chi connectivity index (χ2v) is 5.09. The normalized spacial score (nSPS) is 11.4. The number of hydrogen-bond donors (Lipinski definition) is 1. The Kier molecular flexibility index (Phi) is 4.08. The standard InChI is InChI=1S/C13H8F3NO3S/c14-13(15,16)8-5-6-11(9(7-8)17(19)20)21-12-4-2-1-3-10(12)18/h1-7,18H. The van der Waals surface area contributed by atoms with Gasteiger partial charge in [-0.25, -0.2) is 0 Å². The number of nitrogens with zero attached hydrogens (tertiary/aromatic N) is 1. The van der Waals surface area contributed by atoms with Gasteiger partial charge in [0, 0.05) is 6.07 Å². The molecule has 0 radical (unpaired) electrons. The van der Waals surface area contributed by atoms with Gasteiger partial charge in [-0.3, -0.25) is 10.1 Å². The highest BCUT2D eigenvalue weighted by atomic mass is 32.2. The molecule has 0 amide bonds. The Labute approximate surface area is 121 Å². The fraction of sp³-hybridized carbons (Fsp3) is 0.0769. The van der Waals surface area contributed by atoms with Gasteiger partial charge in [-0.2, -0.15) is 13.2 Å². The van der Waals surface area contributed by atoms with Crippen LogP contribution in [0.5, 0.6) is 5.75 Å². The first-order valence-electron chi connectivity index (χ1n) is 5.60. The van der Waals surface area contributed by atoms with Crippen LogP contribution < -0.4 is 0 Å². The fourth-order valence-electron chi connectivity index (χ4n) is 1.58. The van der Waals surface area contributed by atoms with E-state index in [-0.39, 0.29) is 10.6 Å². The topological polar surface area (TPSA) is 63.4 Å². The maximum Gasteiger partial charge on any atom is 0.416 e. The van der Waals surface area contributed by atoms with Crippen molar-refractivity contribution >= 4 is 17.4 Å². The van der Waals surface area contributed by atoms with Crippen LogP contribution in [0.2, 0.25) is 0 Å². The quantitative estimate of drug-likeness (QED) is 0.670. The fourth-order valence-corrected chi connectivity index (χ4v) is 2.51. The third kappa shape index (κ3) is 3.46. The molecule has 2 rings (SSSR count). The summed E-state index contributed by atoms with van der Waals surface area (Å²) in [4.78, 5) is 10.4. The minimum absolute atomic E-state index is 0.0227. The van der Waals surface area contributed by atoms with Crippen molar-refractivity contribution in [2.45, 2.75) is 16.0 Å². The minimum atomic E-state index is -4.65. The maximum atomic E-state index is 12.6. The van der Waals surface area contributed by atoms with Crippen LogP contribution in [0.25, 0.3) is 0 Å². The predicted octanol–water partition coefficient (Wildman–Crippen LogP) is 4.47. The molecule has 0 aromatic heterocycles. The highest BCUT2D eigenvalue weighted by molar-refractivity contribution is 7.99. The van der Waals surface area contributed by atoms with E-state index in [9.17, 15) is 28.4 Å². The summed E-state index contributed by atoms with van der Waals surface area (Å²) in [5.74, 6) is -0.100. The molecule has 4 nitrogen and oxygen atoms in total. The average Bonchev–Trinajstić information content (AvgIpc) is 2.40. The van der Waals surface area contributed by atoms with E-state index >= 15 is 0 Å². The lowest BCUT2D eigenvalue weighted by Gasteiger charge is -2.09. The Balaban J connectivity index is 2.45. The smallest absolute Gasteiger partial charge is 0.416 e. The number of benzene rings is 2. The summed E-state index contributed by atoms with van der Waals surface area (Å²) < 4.78 is 37.8. The summed E-state index contributed by atoms with van der Waals surface area (Å²) >= 11 is 0.829. The van der Waals surface area contributed by atoms with Crippen LogP contribution in [0.4, 0.5) is 18.9 Å². The van der Waals surface area contributed by atoms with Crippen molar-refractivity contribution < 1.29 is 23.2 Å². The maximum absolute atomic E-state index is 12.6. The molecule has 8 heteroatoms. The molecule has 0 fully saturated rings. The molecule has 0 aliphatic rings. The van der Waals surface area contributed by atoms with Crippen molar-refractivity contribution in [3.05, 3.63) is 58.1 Å². The first kappa shape index (κ1) is 15.2. The van der Waals surface area contributed by atoms with Crippen molar-refractivity contribution in [1.29, 1.82) is 0 Å². The molecule has 0 heterocycles. The summed E-state index contributed by atoms with van der Waals surface area (Å²) in [6, 6.07) is 8.37. The molecule has 2 aromatic carbocycles. The zero-order chi connectivity index (χ0) is 15.6. The van der Waals surface area contributed by atoms with Crippen molar-refractivity contribution in [3.8, 4) is 5.75 Å². The lowest BCUT2D eigenvalue weighted by Crippen LogP contribution is -2.05. The highest BCUT2D eigenvalue weighted by Crippen LogP contribution is 2.41. The molecule has 0 bridgehead atoms. The molecule has 0 unspecified atom stereocenters. The van der Waals surface area contributed by atoms with Crippen LogP contribution in [0, 0.1) is 10.1 Å². The number of alkyl halides is 3. The molecule has 2 aromatic rings. The Morgan fingerprint density at radius 3 is 2.33 bits per heavy atom. The molecule has 0 spiro atoms. The van der Waals surface area contributed by atoms with E-state index < -0.39 is 22.4 Å². The largest absolute Gasteiger partial charge is 0.507 e. The number of nitro groups is 1. The van der Waals surface area contributed by atoms with Crippen molar-refractivity contribution in [2.75, 3.05) is 0 Å². The van der Waals surface area contributed by atoms with E-state index in [4.69, 9.17) is 0 Å². The van der Waals surface area contributed by atoms with Gasteiger partial charge >= 0.3 is 6.18 Å². The van der Waals surface area contributed by atoms with Crippen LogP contribution in [0.15, 0.2) is 52.3 Å². The lowest BCUT2D eigenvalue weighted by molar-refractivity contribution is -0.388. The van der Waals surface area contributed by atoms with Crippen LogP contribution >= 0.6 is 11.8 Å². The highest BCUT2D eigenvalue weighted by Gasteiger charge is 2.33. The van der Waals surface area contributed by atoms with Crippen molar-refractivity contribution in [3.63, 3.8) is 0 Å².